The van der Waals surface area contributed by atoms with Crippen LogP contribution < -0.4 is 11.1 Å². The zero-order valence-corrected chi connectivity index (χ0v) is 17.4. The van der Waals surface area contributed by atoms with Gasteiger partial charge in [0.05, 0.1) is 0 Å². The van der Waals surface area contributed by atoms with Gasteiger partial charge < -0.3 is 15.6 Å². The molecule has 0 fully saturated rings. The number of nitrogens with two attached hydrogens (primary N) is 1. The van der Waals surface area contributed by atoms with Crippen molar-refractivity contribution in [1.29, 1.82) is 0 Å². The van der Waals surface area contributed by atoms with Gasteiger partial charge >= 0.3 is 0 Å². The van der Waals surface area contributed by atoms with E-state index in [1.165, 1.54) is 5.56 Å². The molecule has 3 N–H and O–H groups in total. The van der Waals surface area contributed by atoms with E-state index >= 15 is 0 Å². The van der Waals surface area contributed by atoms with Crippen LogP contribution in [0.5, 0.6) is 0 Å². The fourth-order valence-electron chi connectivity index (χ4n) is 2.79. The molecule has 0 spiro atoms. The Labute approximate surface area is 167 Å². The molecule has 6 nitrogen and oxygen atoms in total. The molecule has 0 radical (unpaired) electrons. The first-order chi connectivity index (χ1) is 12.4. The van der Waals surface area contributed by atoms with E-state index < -0.39 is 0 Å². The van der Waals surface area contributed by atoms with Crippen LogP contribution in [0.25, 0.3) is 11.4 Å². The molecule has 1 atom stereocenters. The van der Waals surface area contributed by atoms with Crippen molar-refractivity contribution >= 4 is 18.3 Å². The Balaban J connectivity index is 0.00000364. The van der Waals surface area contributed by atoms with Crippen LogP contribution in [0.4, 0.5) is 0 Å². The van der Waals surface area contributed by atoms with Crippen LogP contribution in [0.15, 0.2) is 28.8 Å². The number of nitrogens with zero attached hydrogens (tertiary/aromatic N) is 2. The molecule has 2 rings (SSSR count). The van der Waals surface area contributed by atoms with Crippen molar-refractivity contribution in [1.82, 2.24) is 15.5 Å². The molecule has 0 aliphatic heterocycles. The maximum absolute atomic E-state index is 12.1. The normalized spacial score (nSPS) is 12.1. The van der Waals surface area contributed by atoms with Gasteiger partial charge in [0.15, 0.2) is 0 Å². The number of halogens is 1. The summed E-state index contributed by atoms with van der Waals surface area (Å²) in [5.41, 5.74) is 7.90. The molecule has 0 saturated heterocycles. The average Bonchev–Trinajstić information content (AvgIpc) is 3.08. The number of carbonyl (C=O) groups excluding carboxylic acids is 1. The summed E-state index contributed by atoms with van der Waals surface area (Å²) >= 11 is 0. The Hall–Kier alpha value is -1.92. The zero-order chi connectivity index (χ0) is 19.1. The predicted molar refractivity (Wildman–Crippen MR) is 110 cm³/mol. The molecule has 0 aliphatic rings. The lowest BCUT2D eigenvalue weighted by molar-refractivity contribution is -0.121. The standard InChI is InChI=1S/C20H30N4O2.ClH/c1-13(2)11-17(12-21)22-18(25)9-10-19-23-20(24-26-19)16-7-5-15(6-8-16)14(3)4;/h5-8,13-14,17H,9-12,21H2,1-4H3,(H,22,25);1H. The van der Waals surface area contributed by atoms with Crippen LogP contribution >= 0.6 is 12.4 Å². The highest BCUT2D eigenvalue weighted by molar-refractivity contribution is 5.85. The molecule has 1 aromatic heterocycles. The van der Waals surface area contributed by atoms with Gasteiger partial charge in [0, 0.05) is 31.0 Å². The van der Waals surface area contributed by atoms with E-state index in [1.54, 1.807) is 0 Å². The van der Waals surface area contributed by atoms with Gasteiger partial charge in [0.25, 0.3) is 0 Å². The van der Waals surface area contributed by atoms with Gasteiger partial charge in [-0.1, -0.05) is 57.1 Å². The molecule has 1 unspecified atom stereocenters. The molecule has 2 aromatic rings. The SMILES string of the molecule is CC(C)CC(CN)NC(=O)CCc1nc(-c2ccc(C(C)C)cc2)no1.Cl. The van der Waals surface area contributed by atoms with Crippen LogP contribution in [0.3, 0.4) is 0 Å². The summed E-state index contributed by atoms with van der Waals surface area (Å²) < 4.78 is 5.28. The van der Waals surface area contributed by atoms with Gasteiger partial charge in [-0.15, -0.1) is 12.4 Å². The number of benzene rings is 1. The van der Waals surface area contributed by atoms with Gasteiger partial charge in [-0.2, -0.15) is 4.98 Å². The molecule has 0 bridgehead atoms. The van der Waals surface area contributed by atoms with Crippen LogP contribution in [-0.4, -0.2) is 28.6 Å². The van der Waals surface area contributed by atoms with Crippen molar-refractivity contribution in [3.8, 4) is 11.4 Å². The first-order valence-electron chi connectivity index (χ1n) is 9.31. The number of aromatic nitrogens is 2. The van der Waals surface area contributed by atoms with Gasteiger partial charge in [-0.3, -0.25) is 4.79 Å². The number of nitrogens with one attached hydrogen (secondary N) is 1. The second-order valence-electron chi connectivity index (χ2n) is 7.42. The minimum atomic E-state index is -0.0397. The Morgan fingerprint density at radius 1 is 1.19 bits per heavy atom. The van der Waals surface area contributed by atoms with Gasteiger partial charge in [-0.25, -0.2) is 0 Å². The Bertz CT molecular complexity index is 698. The Morgan fingerprint density at radius 2 is 1.85 bits per heavy atom. The molecular weight excluding hydrogens is 364 g/mol. The van der Waals surface area contributed by atoms with Gasteiger partial charge in [0.1, 0.15) is 0 Å². The fraction of sp³-hybridized carbons (Fsp3) is 0.550. The van der Waals surface area contributed by atoms with Crippen molar-refractivity contribution in [2.24, 2.45) is 11.7 Å². The van der Waals surface area contributed by atoms with Crippen LogP contribution in [-0.2, 0) is 11.2 Å². The highest BCUT2D eigenvalue weighted by Crippen LogP contribution is 2.20. The monoisotopic (exact) mass is 394 g/mol. The van der Waals surface area contributed by atoms with E-state index in [2.05, 4.69) is 55.3 Å². The third-order valence-corrected chi connectivity index (χ3v) is 4.28. The molecule has 1 heterocycles. The van der Waals surface area contributed by atoms with E-state index in [4.69, 9.17) is 10.3 Å². The van der Waals surface area contributed by atoms with E-state index in [-0.39, 0.29) is 24.4 Å². The number of hydrogen-bond acceptors (Lipinski definition) is 5. The number of carbonyl (C=O) groups is 1. The quantitative estimate of drug-likeness (QED) is 0.676. The van der Waals surface area contributed by atoms with Crippen molar-refractivity contribution in [2.75, 3.05) is 6.54 Å². The van der Waals surface area contributed by atoms with Crippen LogP contribution in [0.1, 0.15) is 57.9 Å². The first kappa shape index (κ1) is 23.1. The Morgan fingerprint density at radius 3 is 2.41 bits per heavy atom. The lowest BCUT2D eigenvalue weighted by Crippen LogP contribution is -2.41. The van der Waals surface area contributed by atoms with Crippen LogP contribution in [0, 0.1) is 5.92 Å². The summed E-state index contributed by atoms with van der Waals surface area (Å²) in [4.78, 5) is 16.5. The van der Waals surface area contributed by atoms with E-state index in [9.17, 15) is 4.79 Å². The van der Waals surface area contributed by atoms with Gasteiger partial charge in [0.2, 0.25) is 17.6 Å². The maximum Gasteiger partial charge on any atom is 0.227 e. The molecule has 27 heavy (non-hydrogen) atoms. The summed E-state index contributed by atoms with van der Waals surface area (Å²) in [5.74, 6) is 1.95. The minimum Gasteiger partial charge on any atom is -0.352 e. The lowest BCUT2D eigenvalue weighted by atomic mass is 10.0. The maximum atomic E-state index is 12.1. The summed E-state index contributed by atoms with van der Waals surface area (Å²) in [6.45, 7) is 8.98. The van der Waals surface area contributed by atoms with Crippen LogP contribution in [0.2, 0.25) is 0 Å². The summed E-state index contributed by atoms with van der Waals surface area (Å²) in [6.07, 6.45) is 1.60. The highest BCUT2D eigenvalue weighted by atomic mass is 35.5. The molecule has 1 aromatic carbocycles. The molecular formula is C20H31ClN4O2. The van der Waals surface area contributed by atoms with Gasteiger partial charge in [-0.05, 0) is 23.8 Å². The zero-order valence-electron chi connectivity index (χ0n) is 16.6. The number of rotatable bonds is 9. The smallest absolute Gasteiger partial charge is 0.227 e. The van der Waals surface area contributed by atoms with Crippen molar-refractivity contribution in [3.05, 3.63) is 35.7 Å². The molecule has 7 heteroatoms. The molecule has 1 amide bonds. The summed E-state index contributed by atoms with van der Waals surface area (Å²) in [5, 5.41) is 6.99. The van der Waals surface area contributed by atoms with Crippen molar-refractivity contribution in [3.63, 3.8) is 0 Å². The van der Waals surface area contributed by atoms with E-state index in [0.717, 1.165) is 12.0 Å². The van der Waals surface area contributed by atoms with Crippen molar-refractivity contribution < 1.29 is 9.32 Å². The van der Waals surface area contributed by atoms with Crippen molar-refractivity contribution in [2.45, 2.75) is 58.9 Å². The molecule has 150 valence electrons. The summed E-state index contributed by atoms with van der Waals surface area (Å²) in [7, 11) is 0. The molecule has 0 saturated carbocycles. The third-order valence-electron chi connectivity index (χ3n) is 4.28. The minimum absolute atomic E-state index is 0. The molecule has 0 aliphatic carbocycles. The predicted octanol–water partition coefficient (Wildman–Crippen LogP) is 3.70. The second kappa shape index (κ2) is 11.0. The largest absolute Gasteiger partial charge is 0.352 e. The number of amides is 1. The second-order valence-corrected chi connectivity index (χ2v) is 7.42. The summed E-state index contributed by atoms with van der Waals surface area (Å²) in [6, 6.07) is 8.15. The number of aryl methyl sites for hydroxylation is 1. The lowest BCUT2D eigenvalue weighted by Gasteiger charge is -2.18. The van der Waals surface area contributed by atoms with E-state index in [0.29, 0.717) is 42.9 Å². The number of hydrogen-bond donors (Lipinski definition) is 2. The Kier molecular flexibility index (Phi) is 9.46. The highest BCUT2D eigenvalue weighted by Gasteiger charge is 2.14. The van der Waals surface area contributed by atoms with E-state index in [1.807, 2.05) is 12.1 Å². The fourth-order valence-corrected chi connectivity index (χ4v) is 2.79. The topological polar surface area (TPSA) is 94.0 Å². The first-order valence-corrected chi connectivity index (χ1v) is 9.31. The third kappa shape index (κ3) is 7.31. The average molecular weight is 395 g/mol.